The molecule has 0 radical (unpaired) electrons. The maximum atomic E-state index is 9.03. The van der Waals surface area contributed by atoms with E-state index in [1.165, 1.54) is 5.56 Å². The van der Waals surface area contributed by atoms with E-state index >= 15 is 0 Å². The third-order valence-corrected chi connectivity index (χ3v) is 5.06. The smallest absolute Gasteiger partial charge is 0.101 e. The van der Waals surface area contributed by atoms with E-state index in [-0.39, 0.29) is 0 Å². The van der Waals surface area contributed by atoms with Gasteiger partial charge in [0, 0.05) is 37.4 Å². The van der Waals surface area contributed by atoms with Crippen molar-refractivity contribution in [2.24, 2.45) is 0 Å². The summed E-state index contributed by atoms with van der Waals surface area (Å²) in [6.07, 6.45) is 0. The van der Waals surface area contributed by atoms with Crippen LogP contribution in [0.2, 0.25) is 5.02 Å². The molecule has 1 heterocycles. The van der Waals surface area contributed by atoms with E-state index in [0.29, 0.717) is 22.7 Å². The predicted molar refractivity (Wildman–Crippen MR) is 99.3 cm³/mol. The molecule has 0 aromatic heterocycles. The molecule has 3 nitrogen and oxygen atoms in total. The molecule has 1 aliphatic rings. The minimum Gasteiger partial charge on any atom is -0.366 e. The summed E-state index contributed by atoms with van der Waals surface area (Å²) in [7, 11) is 0. The van der Waals surface area contributed by atoms with Gasteiger partial charge in [0.15, 0.2) is 0 Å². The van der Waals surface area contributed by atoms with Crippen LogP contribution < -0.4 is 4.90 Å². The van der Waals surface area contributed by atoms with Gasteiger partial charge < -0.3 is 4.90 Å². The van der Waals surface area contributed by atoms with E-state index < -0.39 is 0 Å². The lowest BCUT2D eigenvalue weighted by Crippen LogP contribution is -2.56. The van der Waals surface area contributed by atoms with Gasteiger partial charge in [0.05, 0.1) is 10.6 Å². The Hall–Kier alpha value is -2.02. The molecule has 2 aromatic rings. The first kappa shape index (κ1) is 16.8. The van der Waals surface area contributed by atoms with Crippen molar-refractivity contribution in [1.29, 1.82) is 5.26 Å². The van der Waals surface area contributed by atoms with Crippen molar-refractivity contribution in [2.45, 2.75) is 32.5 Å². The normalized spacial score (nSPS) is 21.5. The van der Waals surface area contributed by atoms with Crippen molar-refractivity contribution in [2.75, 3.05) is 18.0 Å². The summed E-state index contributed by atoms with van der Waals surface area (Å²) in [6, 6.07) is 19.3. The largest absolute Gasteiger partial charge is 0.366 e. The average molecular weight is 340 g/mol. The summed E-state index contributed by atoms with van der Waals surface area (Å²) in [5.74, 6) is 0. The molecule has 24 heavy (non-hydrogen) atoms. The number of nitrogens with zero attached hydrogens (tertiary/aromatic N) is 3. The second kappa shape index (κ2) is 7.25. The fourth-order valence-electron chi connectivity index (χ4n) is 3.37. The zero-order valence-electron chi connectivity index (χ0n) is 14.1. The fraction of sp³-hybridized carbons (Fsp3) is 0.350. The van der Waals surface area contributed by atoms with Crippen molar-refractivity contribution in [3.8, 4) is 6.07 Å². The summed E-state index contributed by atoms with van der Waals surface area (Å²) in [5.41, 5.74) is 2.98. The molecule has 2 aromatic carbocycles. The molecule has 0 aliphatic carbocycles. The maximum absolute atomic E-state index is 9.03. The van der Waals surface area contributed by atoms with Gasteiger partial charge in [0.25, 0.3) is 0 Å². The van der Waals surface area contributed by atoms with Gasteiger partial charge in [-0.1, -0.05) is 41.9 Å². The standard InChI is InChI=1S/C20H22ClN3/c1-15-13-24(19-9-8-18(11-22)20(21)10-19)16(2)12-23(15)14-17-6-4-3-5-7-17/h3-10,15-16H,12-14H2,1-2H3/t15-,16+/m1/s1. The molecular formula is C20H22ClN3. The second-order valence-corrected chi connectivity index (χ2v) is 6.95. The molecule has 3 rings (SSSR count). The van der Waals surface area contributed by atoms with Crippen molar-refractivity contribution in [1.82, 2.24) is 4.90 Å². The lowest BCUT2D eigenvalue weighted by Gasteiger charge is -2.45. The minimum absolute atomic E-state index is 0.397. The summed E-state index contributed by atoms with van der Waals surface area (Å²) in [4.78, 5) is 4.92. The number of rotatable bonds is 3. The van der Waals surface area contributed by atoms with Crippen LogP contribution in [-0.4, -0.2) is 30.1 Å². The molecule has 2 atom stereocenters. The summed E-state index contributed by atoms with van der Waals surface area (Å²) < 4.78 is 0. The Morgan fingerprint density at radius 2 is 1.83 bits per heavy atom. The minimum atomic E-state index is 0.397. The van der Waals surface area contributed by atoms with Crippen LogP contribution in [-0.2, 0) is 6.54 Å². The number of hydrogen-bond donors (Lipinski definition) is 0. The zero-order chi connectivity index (χ0) is 17.1. The van der Waals surface area contributed by atoms with Crippen LogP contribution in [0.25, 0.3) is 0 Å². The number of hydrogen-bond acceptors (Lipinski definition) is 3. The van der Waals surface area contributed by atoms with E-state index in [2.05, 4.69) is 60.0 Å². The summed E-state index contributed by atoms with van der Waals surface area (Å²) in [6.45, 7) is 7.46. The Morgan fingerprint density at radius 1 is 1.08 bits per heavy atom. The molecule has 0 amide bonds. The van der Waals surface area contributed by atoms with Crippen molar-refractivity contribution in [3.05, 3.63) is 64.7 Å². The highest BCUT2D eigenvalue weighted by atomic mass is 35.5. The van der Waals surface area contributed by atoms with Crippen LogP contribution in [0.1, 0.15) is 25.0 Å². The summed E-state index contributed by atoms with van der Waals surface area (Å²) in [5, 5.41) is 9.56. The van der Waals surface area contributed by atoms with Crippen LogP contribution in [0.4, 0.5) is 5.69 Å². The first-order valence-corrected chi connectivity index (χ1v) is 8.70. The van der Waals surface area contributed by atoms with E-state index in [0.717, 1.165) is 25.3 Å². The number of halogens is 1. The number of anilines is 1. The fourth-order valence-corrected chi connectivity index (χ4v) is 3.59. The lowest BCUT2D eigenvalue weighted by molar-refractivity contribution is 0.158. The first-order valence-electron chi connectivity index (χ1n) is 8.32. The van der Waals surface area contributed by atoms with Gasteiger partial charge in [-0.3, -0.25) is 4.90 Å². The van der Waals surface area contributed by atoms with E-state index in [9.17, 15) is 0 Å². The molecule has 0 unspecified atom stereocenters. The Labute approximate surface area is 149 Å². The van der Waals surface area contributed by atoms with Crippen LogP contribution in [0, 0.1) is 11.3 Å². The predicted octanol–water partition coefficient (Wildman–Crippen LogP) is 4.31. The molecule has 0 spiro atoms. The number of benzene rings is 2. The third-order valence-electron chi connectivity index (χ3n) is 4.75. The Kier molecular flexibility index (Phi) is 5.08. The van der Waals surface area contributed by atoms with Gasteiger partial charge in [-0.25, -0.2) is 0 Å². The number of piperazine rings is 1. The van der Waals surface area contributed by atoms with Crippen molar-refractivity contribution >= 4 is 17.3 Å². The summed E-state index contributed by atoms with van der Waals surface area (Å²) >= 11 is 6.21. The zero-order valence-corrected chi connectivity index (χ0v) is 14.9. The lowest BCUT2D eigenvalue weighted by atomic mass is 10.0. The van der Waals surface area contributed by atoms with Gasteiger partial charge in [-0.05, 0) is 37.6 Å². The van der Waals surface area contributed by atoms with Crippen molar-refractivity contribution in [3.63, 3.8) is 0 Å². The Morgan fingerprint density at radius 3 is 2.50 bits per heavy atom. The van der Waals surface area contributed by atoms with E-state index in [4.69, 9.17) is 16.9 Å². The van der Waals surface area contributed by atoms with Crippen LogP contribution in [0.5, 0.6) is 0 Å². The molecule has 0 N–H and O–H groups in total. The van der Waals surface area contributed by atoms with Crippen LogP contribution in [0.15, 0.2) is 48.5 Å². The molecule has 1 aliphatic heterocycles. The third kappa shape index (κ3) is 3.56. The van der Waals surface area contributed by atoms with Gasteiger partial charge >= 0.3 is 0 Å². The molecule has 1 saturated heterocycles. The highest BCUT2D eigenvalue weighted by molar-refractivity contribution is 6.32. The van der Waals surface area contributed by atoms with Gasteiger partial charge in [-0.15, -0.1) is 0 Å². The molecule has 0 saturated carbocycles. The molecule has 124 valence electrons. The maximum Gasteiger partial charge on any atom is 0.101 e. The number of nitriles is 1. The molecule has 0 bridgehead atoms. The quantitative estimate of drug-likeness (QED) is 0.834. The highest BCUT2D eigenvalue weighted by Gasteiger charge is 2.29. The molecular weight excluding hydrogens is 318 g/mol. The van der Waals surface area contributed by atoms with Crippen LogP contribution >= 0.6 is 11.6 Å². The van der Waals surface area contributed by atoms with Gasteiger partial charge in [-0.2, -0.15) is 5.26 Å². The van der Waals surface area contributed by atoms with Gasteiger partial charge in [0.1, 0.15) is 6.07 Å². The molecule has 1 fully saturated rings. The average Bonchev–Trinajstić information content (AvgIpc) is 2.58. The monoisotopic (exact) mass is 339 g/mol. The first-order chi connectivity index (χ1) is 11.6. The second-order valence-electron chi connectivity index (χ2n) is 6.54. The molecule has 4 heteroatoms. The Balaban J connectivity index is 1.73. The highest BCUT2D eigenvalue weighted by Crippen LogP contribution is 2.28. The van der Waals surface area contributed by atoms with E-state index in [1.807, 2.05) is 18.2 Å². The van der Waals surface area contributed by atoms with Crippen molar-refractivity contribution < 1.29 is 0 Å². The topological polar surface area (TPSA) is 30.3 Å². The van der Waals surface area contributed by atoms with Crippen LogP contribution in [0.3, 0.4) is 0 Å². The SMILES string of the molecule is C[C@@H]1CN(c2ccc(C#N)c(Cl)c2)[C@@H](C)CN1Cc1ccccc1. The van der Waals surface area contributed by atoms with E-state index in [1.54, 1.807) is 0 Å². The Bertz CT molecular complexity index is 738. The van der Waals surface area contributed by atoms with Gasteiger partial charge in [0.2, 0.25) is 0 Å².